The average Bonchev–Trinajstić information content (AvgIpc) is 3.04. The fourth-order valence-corrected chi connectivity index (χ4v) is 3.49. The highest BCUT2D eigenvalue weighted by molar-refractivity contribution is 5.80. The summed E-state index contributed by atoms with van der Waals surface area (Å²) < 4.78 is 13.2. The molecule has 8 heteroatoms. The number of hydrogen-bond acceptors (Lipinski definition) is 5. The van der Waals surface area contributed by atoms with Crippen molar-refractivity contribution in [3.05, 3.63) is 18.2 Å². The predicted molar refractivity (Wildman–Crippen MR) is 85.2 cm³/mol. The van der Waals surface area contributed by atoms with Gasteiger partial charge < -0.3 is 23.8 Å². The summed E-state index contributed by atoms with van der Waals surface area (Å²) >= 11 is 0. The lowest BCUT2D eigenvalue weighted by molar-refractivity contribution is -0.181. The van der Waals surface area contributed by atoms with Crippen molar-refractivity contribution in [3.63, 3.8) is 0 Å². The molecule has 3 heterocycles. The molecule has 24 heavy (non-hydrogen) atoms. The number of fused-ring (bicyclic) bond motifs is 2. The van der Waals surface area contributed by atoms with Crippen LogP contribution in [0.2, 0.25) is 0 Å². The number of piperidine rings is 1. The van der Waals surface area contributed by atoms with E-state index in [4.69, 9.17) is 9.47 Å². The predicted octanol–water partition coefficient (Wildman–Crippen LogP) is -0.166. The van der Waals surface area contributed by atoms with Gasteiger partial charge in [0.25, 0.3) is 5.91 Å². The van der Waals surface area contributed by atoms with Crippen molar-refractivity contribution in [1.82, 2.24) is 19.4 Å². The molecule has 1 aromatic heterocycles. The van der Waals surface area contributed by atoms with Crippen LogP contribution in [0.4, 0.5) is 0 Å². The van der Waals surface area contributed by atoms with Crippen LogP contribution in [0, 0.1) is 0 Å². The van der Waals surface area contributed by atoms with Crippen LogP contribution >= 0.6 is 0 Å². The first-order valence-corrected chi connectivity index (χ1v) is 8.14. The van der Waals surface area contributed by atoms with Gasteiger partial charge in [0.05, 0.1) is 6.54 Å². The van der Waals surface area contributed by atoms with E-state index in [0.717, 1.165) is 5.82 Å². The van der Waals surface area contributed by atoms with E-state index in [9.17, 15) is 9.59 Å². The average molecular weight is 336 g/mol. The van der Waals surface area contributed by atoms with Gasteiger partial charge in [0.2, 0.25) is 5.91 Å². The van der Waals surface area contributed by atoms with Crippen LogP contribution in [-0.4, -0.2) is 78.2 Å². The van der Waals surface area contributed by atoms with Gasteiger partial charge in [0, 0.05) is 59.5 Å². The maximum Gasteiger partial charge on any atom is 0.253 e. The van der Waals surface area contributed by atoms with Gasteiger partial charge in [-0.2, -0.15) is 0 Å². The zero-order chi connectivity index (χ0) is 17.3. The Kier molecular flexibility index (Phi) is 4.60. The lowest BCUT2D eigenvalue weighted by Crippen LogP contribution is -2.54. The number of likely N-dealkylation sites (tertiary alicyclic amines) is 1. The fraction of sp³-hybridized carbons (Fsp3) is 0.688. The summed E-state index contributed by atoms with van der Waals surface area (Å²) in [6, 6.07) is 0. The lowest BCUT2D eigenvalue weighted by Gasteiger charge is -2.45. The van der Waals surface area contributed by atoms with Gasteiger partial charge in [-0.05, 0) is 0 Å². The molecule has 3 rings (SSSR count). The van der Waals surface area contributed by atoms with Crippen LogP contribution in [0.25, 0.3) is 0 Å². The second kappa shape index (κ2) is 6.52. The number of hydrogen-bond donors (Lipinski definition) is 0. The minimum absolute atomic E-state index is 0.0209. The molecule has 2 aliphatic heterocycles. The van der Waals surface area contributed by atoms with Crippen molar-refractivity contribution in [2.45, 2.75) is 31.1 Å². The van der Waals surface area contributed by atoms with Gasteiger partial charge in [-0.1, -0.05) is 0 Å². The number of methoxy groups -OCH3 is 1. The Balaban J connectivity index is 1.80. The van der Waals surface area contributed by atoms with Gasteiger partial charge in [0.1, 0.15) is 18.0 Å². The molecule has 0 unspecified atom stereocenters. The van der Waals surface area contributed by atoms with E-state index in [2.05, 4.69) is 4.98 Å². The summed E-state index contributed by atoms with van der Waals surface area (Å²) in [5.41, 5.74) is -0.609. The zero-order valence-corrected chi connectivity index (χ0v) is 14.4. The minimum Gasteiger partial charge on any atom is -0.375 e. The number of rotatable bonds is 3. The van der Waals surface area contributed by atoms with E-state index in [0.29, 0.717) is 32.5 Å². The van der Waals surface area contributed by atoms with E-state index >= 15 is 0 Å². The molecule has 0 bridgehead atoms. The first kappa shape index (κ1) is 16.9. The number of carbonyl (C=O) groups excluding carboxylic acids is 2. The van der Waals surface area contributed by atoms with Gasteiger partial charge >= 0.3 is 0 Å². The third-order valence-electron chi connectivity index (χ3n) is 4.76. The van der Waals surface area contributed by atoms with Gasteiger partial charge in [-0.15, -0.1) is 0 Å². The molecule has 8 nitrogen and oxygen atoms in total. The Morgan fingerprint density at radius 1 is 1.42 bits per heavy atom. The standard InChI is InChI=1S/C16H24N4O4/c1-18(2)14(22)12-10-20-9-6-17-15(20)16(24-12)4-7-19(8-5-16)13(21)11-23-3/h6,9,12H,4-5,7-8,10-11H2,1-3H3/t12-/m1/s1. The Morgan fingerprint density at radius 3 is 2.75 bits per heavy atom. The second-order valence-electron chi connectivity index (χ2n) is 6.55. The monoisotopic (exact) mass is 336 g/mol. The summed E-state index contributed by atoms with van der Waals surface area (Å²) in [5.74, 6) is 0.781. The number of carbonyl (C=O) groups is 2. The number of aromatic nitrogens is 2. The number of imidazole rings is 1. The van der Waals surface area contributed by atoms with Crippen molar-refractivity contribution >= 4 is 11.8 Å². The largest absolute Gasteiger partial charge is 0.375 e. The van der Waals surface area contributed by atoms with Crippen molar-refractivity contribution in [3.8, 4) is 0 Å². The fourth-order valence-electron chi connectivity index (χ4n) is 3.49. The molecular weight excluding hydrogens is 312 g/mol. The highest BCUT2D eigenvalue weighted by Crippen LogP contribution is 2.40. The molecular formula is C16H24N4O4. The third kappa shape index (κ3) is 2.91. The van der Waals surface area contributed by atoms with Crippen LogP contribution in [0.3, 0.4) is 0 Å². The minimum atomic E-state index is -0.609. The lowest BCUT2D eigenvalue weighted by atomic mass is 9.88. The molecule has 0 saturated carbocycles. The van der Waals surface area contributed by atoms with E-state index in [1.54, 1.807) is 30.1 Å². The summed E-state index contributed by atoms with van der Waals surface area (Å²) in [7, 11) is 4.98. The molecule has 0 N–H and O–H groups in total. The number of amides is 2. The number of nitrogens with zero attached hydrogens (tertiary/aromatic N) is 4. The molecule has 1 saturated heterocycles. The van der Waals surface area contributed by atoms with Gasteiger partial charge in [-0.3, -0.25) is 9.59 Å². The SMILES string of the molecule is COCC(=O)N1CCC2(CC1)O[C@@H](C(=O)N(C)C)Cn1ccnc12. The van der Waals surface area contributed by atoms with Crippen LogP contribution in [0.5, 0.6) is 0 Å². The molecule has 1 spiro atoms. The highest BCUT2D eigenvalue weighted by atomic mass is 16.5. The molecule has 1 atom stereocenters. The Labute approximate surface area is 141 Å². The van der Waals surface area contributed by atoms with Crippen LogP contribution < -0.4 is 0 Å². The Bertz CT molecular complexity index is 619. The van der Waals surface area contributed by atoms with Crippen molar-refractivity contribution in [2.75, 3.05) is 40.9 Å². The molecule has 1 fully saturated rings. The van der Waals surface area contributed by atoms with Crippen LogP contribution in [-0.2, 0) is 31.2 Å². The van der Waals surface area contributed by atoms with Crippen LogP contribution in [0.15, 0.2) is 12.4 Å². The van der Waals surface area contributed by atoms with Crippen molar-refractivity contribution in [1.29, 1.82) is 0 Å². The molecule has 1 aromatic rings. The smallest absolute Gasteiger partial charge is 0.253 e. The summed E-state index contributed by atoms with van der Waals surface area (Å²) in [4.78, 5) is 32.2. The number of likely N-dealkylation sites (N-methyl/N-ethyl adjacent to an activating group) is 1. The first-order valence-electron chi connectivity index (χ1n) is 8.14. The summed E-state index contributed by atoms with van der Waals surface area (Å²) in [6.07, 6.45) is 4.35. The molecule has 2 aliphatic rings. The highest BCUT2D eigenvalue weighted by Gasteiger charge is 2.47. The van der Waals surface area contributed by atoms with Crippen molar-refractivity contribution < 1.29 is 19.1 Å². The maximum absolute atomic E-state index is 12.4. The van der Waals surface area contributed by atoms with Gasteiger partial charge in [-0.25, -0.2) is 4.98 Å². The first-order chi connectivity index (χ1) is 11.5. The Morgan fingerprint density at radius 2 is 2.12 bits per heavy atom. The summed E-state index contributed by atoms with van der Waals surface area (Å²) in [6.45, 7) is 1.69. The molecule has 2 amide bonds. The quantitative estimate of drug-likeness (QED) is 0.766. The summed E-state index contributed by atoms with van der Waals surface area (Å²) in [5, 5.41) is 0. The molecule has 0 aliphatic carbocycles. The molecule has 0 radical (unpaired) electrons. The van der Waals surface area contributed by atoms with E-state index in [1.807, 2.05) is 10.8 Å². The third-order valence-corrected chi connectivity index (χ3v) is 4.76. The van der Waals surface area contributed by atoms with E-state index < -0.39 is 11.7 Å². The molecule has 132 valence electrons. The van der Waals surface area contributed by atoms with Crippen molar-refractivity contribution in [2.24, 2.45) is 0 Å². The van der Waals surface area contributed by atoms with Gasteiger partial charge in [0.15, 0.2) is 6.10 Å². The van der Waals surface area contributed by atoms with E-state index in [1.165, 1.54) is 7.11 Å². The van der Waals surface area contributed by atoms with E-state index in [-0.39, 0.29) is 18.4 Å². The maximum atomic E-state index is 12.4. The number of ether oxygens (including phenoxy) is 2. The normalized spacial score (nSPS) is 22.3. The van der Waals surface area contributed by atoms with Crippen LogP contribution in [0.1, 0.15) is 18.7 Å². The topological polar surface area (TPSA) is 76.9 Å². The second-order valence-corrected chi connectivity index (χ2v) is 6.55. The zero-order valence-electron chi connectivity index (χ0n) is 14.4. The Hall–Kier alpha value is -1.93. The molecule has 0 aromatic carbocycles.